The highest BCUT2D eigenvalue weighted by Crippen LogP contribution is 2.31. The summed E-state index contributed by atoms with van der Waals surface area (Å²) < 4.78 is 27.1. The van der Waals surface area contributed by atoms with Crippen molar-refractivity contribution in [3.63, 3.8) is 0 Å². The van der Waals surface area contributed by atoms with Crippen LogP contribution in [-0.4, -0.2) is 23.0 Å². The van der Waals surface area contributed by atoms with Gasteiger partial charge in [-0.25, -0.2) is 9.37 Å². The quantitative estimate of drug-likeness (QED) is 0.283. The van der Waals surface area contributed by atoms with Crippen molar-refractivity contribution in [3.8, 4) is 11.5 Å². The van der Waals surface area contributed by atoms with E-state index in [1.165, 1.54) is 23.9 Å². The molecule has 0 radical (unpaired) electrons. The Hall–Kier alpha value is -3.52. The van der Waals surface area contributed by atoms with Crippen LogP contribution in [0.5, 0.6) is 11.5 Å². The fourth-order valence-electron chi connectivity index (χ4n) is 3.50. The van der Waals surface area contributed by atoms with Crippen LogP contribution in [0.2, 0.25) is 0 Å². The van der Waals surface area contributed by atoms with Crippen LogP contribution in [0, 0.1) is 5.82 Å². The van der Waals surface area contributed by atoms with Gasteiger partial charge in [0.1, 0.15) is 18.2 Å². The van der Waals surface area contributed by atoms with Crippen molar-refractivity contribution in [2.75, 3.05) is 7.11 Å². The second kappa shape index (κ2) is 10.2. The first kappa shape index (κ1) is 23.6. The van der Waals surface area contributed by atoms with Crippen LogP contribution in [-0.2, 0) is 6.61 Å². The summed E-state index contributed by atoms with van der Waals surface area (Å²) in [6.45, 7) is 4.05. The highest BCUT2D eigenvalue weighted by molar-refractivity contribution is 9.10. The normalized spacial score (nSPS) is 11.5. The molecule has 0 aliphatic rings. The van der Waals surface area contributed by atoms with E-state index < -0.39 is 0 Å². The Labute approximate surface area is 204 Å². The fourth-order valence-corrected chi connectivity index (χ4v) is 3.86. The van der Waals surface area contributed by atoms with Crippen molar-refractivity contribution < 1.29 is 13.9 Å². The van der Waals surface area contributed by atoms with Crippen molar-refractivity contribution in [1.29, 1.82) is 0 Å². The summed E-state index contributed by atoms with van der Waals surface area (Å²) in [6.07, 6.45) is 1.54. The molecule has 0 fully saturated rings. The molecule has 0 spiro atoms. The average molecular weight is 524 g/mol. The zero-order valence-electron chi connectivity index (χ0n) is 19.0. The molecule has 6 nitrogen and oxygen atoms in total. The number of para-hydroxylation sites is 1. The molecular weight excluding hydrogens is 501 g/mol. The van der Waals surface area contributed by atoms with E-state index in [9.17, 15) is 9.18 Å². The largest absolute Gasteiger partial charge is 0.493 e. The Bertz CT molecular complexity index is 1430. The molecule has 174 valence electrons. The summed E-state index contributed by atoms with van der Waals surface area (Å²) in [6, 6.07) is 17.0. The smallest absolute Gasteiger partial charge is 0.282 e. The van der Waals surface area contributed by atoms with Crippen LogP contribution < -0.4 is 15.0 Å². The lowest BCUT2D eigenvalue weighted by atomic mass is 10.2. The number of methoxy groups -OCH3 is 1. The Kier molecular flexibility index (Phi) is 7.07. The summed E-state index contributed by atoms with van der Waals surface area (Å²) in [5.74, 6) is 1.11. The summed E-state index contributed by atoms with van der Waals surface area (Å²) in [7, 11) is 1.54. The summed E-state index contributed by atoms with van der Waals surface area (Å²) in [4.78, 5) is 17.9. The fraction of sp³-hybridized carbons (Fsp3) is 0.192. The molecule has 8 heteroatoms. The molecule has 34 heavy (non-hydrogen) atoms. The first-order chi connectivity index (χ1) is 16.4. The van der Waals surface area contributed by atoms with Crippen LogP contribution >= 0.6 is 15.9 Å². The lowest BCUT2D eigenvalue weighted by molar-refractivity contribution is 0.283. The maximum Gasteiger partial charge on any atom is 0.282 e. The maximum absolute atomic E-state index is 13.6. The first-order valence-corrected chi connectivity index (χ1v) is 11.5. The molecule has 0 unspecified atom stereocenters. The van der Waals surface area contributed by atoms with E-state index in [0.29, 0.717) is 39.4 Å². The lowest BCUT2D eigenvalue weighted by Gasteiger charge is -2.14. The minimum absolute atomic E-state index is 0.0353. The van der Waals surface area contributed by atoms with Gasteiger partial charge in [0.15, 0.2) is 11.5 Å². The van der Waals surface area contributed by atoms with E-state index in [4.69, 9.17) is 9.47 Å². The van der Waals surface area contributed by atoms with Gasteiger partial charge < -0.3 is 9.47 Å². The van der Waals surface area contributed by atoms with Crippen LogP contribution in [0.1, 0.15) is 36.7 Å². The van der Waals surface area contributed by atoms with Gasteiger partial charge in [-0.2, -0.15) is 9.78 Å². The first-order valence-electron chi connectivity index (χ1n) is 10.7. The third-order valence-corrected chi connectivity index (χ3v) is 5.66. The number of hydrogen-bond acceptors (Lipinski definition) is 5. The van der Waals surface area contributed by atoms with Gasteiger partial charge in [0, 0.05) is 16.0 Å². The topological polar surface area (TPSA) is 65.7 Å². The zero-order valence-corrected chi connectivity index (χ0v) is 20.5. The molecule has 4 rings (SSSR count). The van der Waals surface area contributed by atoms with Gasteiger partial charge in [0.25, 0.3) is 5.56 Å². The molecule has 0 saturated heterocycles. The van der Waals surface area contributed by atoms with Gasteiger partial charge >= 0.3 is 0 Å². The van der Waals surface area contributed by atoms with Crippen LogP contribution in [0.25, 0.3) is 10.9 Å². The van der Waals surface area contributed by atoms with E-state index in [1.54, 1.807) is 48.7 Å². The van der Waals surface area contributed by atoms with Gasteiger partial charge in [-0.15, -0.1) is 0 Å². The van der Waals surface area contributed by atoms with Crippen molar-refractivity contribution in [2.24, 2.45) is 5.10 Å². The molecule has 0 aliphatic carbocycles. The summed E-state index contributed by atoms with van der Waals surface area (Å²) in [5, 5.41) is 4.95. The van der Waals surface area contributed by atoms with Crippen molar-refractivity contribution >= 4 is 33.0 Å². The number of nitrogens with zero attached hydrogens (tertiary/aromatic N) is 3. The molecule has 0 N–H and O–H groups in total. The van der Waals surface area contributed by atoms with Crippen LogP contribution in [0.15, 0.2) is 75.0 Å². The number of hydrogen-bond donors (Lipinski definition) is 0. The average Bonchev–Trinajstić information content (AvgIpc) is 2.82. The Balaban J connectivity index is 1.76. The van der Waals surface area contributed by atoms with Crippen molar-refractivity contribution in [1.82, 2.24) is 9.66 Å². The molecule has 1 aromatic heterocycles. The molecule has 4 aromatic rings. The van der Waals surface area contributed by atoms with E-state index in [-0.39, 0.29) is 23.9 Å². The summed E-state index contributed by atoms with van der Waals surface area (Å²) >= 11 is 3.41. The zero-order chi connectivity index (χ0) is 24.2. The lowest BCUT2D eigenvalue weighted by Crippen LogP contribution is -2.23. The maximum atomic E-state index is 13.6. The third-order valence-electron chi connectivity index (χ3n) is 5.16. The molecule has 0 saturated carbocycles. The minimum atomic E-state index is -0.334. The van der Waals surface area contributed by atoms with Crippen LogP contribution in [0.3, 0.4) is 0 Å². The number of rotatable bonds is 7. The SMILES string of the molecule is COc1cccc(C=Nn2c(C(C)C)nc3ccc(Br)cc3c2=O)c1OCc1cccc(F)c1. The standard InChI is InChI=1S/C26H23BrFN3O3/c1-16(2)25-30-22-11-10-19(27)13-21(22)26(32)31(25)29-14-18-7-5-9-23(33-3)24(18)34-15-17-6-4-8-20(28)12-17/h4-14,16H,15H2,1-3H3. The number of fused-ring (bicyclic) bond motifs is 1. The Morgan fingerprint density at radius 3 is 2.68 bits per heavy atom. The minimum Gasteiger partial charge on any atom is -0.493 e. The second-order valence-corrected chi connectivity index (χ2v) is 8.86. The number of ether oxygens (including phenoxy) is 2. The van der Waals surface area contributed by atoms with E-state index in [0.717, 1.165) is 4.47 Å². The van der Waals surface area contributed by atoms with Gasteiger partial charge in [-0.05, 0) is 48.0 Å². The predicted octanol–water partition coefficient (Wildman–Crippen LogP) is 5.89. The third kappa shape index (κ3) is 5.02. The van der Waals surface area contributed by atoms with Gasteiger partial charge in [0.05, 0.1) is 24.2 Å². The predicted molar refractivity (Wildman–Crippen MR) is 135 cm³/mol. The Morgan fingerprint density at radius 1 is 1.15 bits per heavy atom. The van der Waals surface area contributed by atoms with E-state index in [1.807, 2.05) is 19.9 Å². The monoisotopic (exact) mass is 523 g/mol. The number of benzene rings is 3. The molecule has 0 atom stereocenters. The highest BCUT2D eigenvalue weighted by Gasteiger charge is 2.15. The Morgan fingerprint density at radius 2 is 1.94 bits per heavy atom. The molecule has 3 aromatic carbocycles. The van der Waals surface area contributed by atoms with Crippen molar-refractivity contribution in [3.05, 3.63) is 98.3 Å². The van der Waals surface area contributed by atoms with Gasteiger partial charge in [-0.3, -0.25) is 4.79 Å². The molecule has 0 aliphatic heterocycles. The van der Waals surface area contributed by atoms with E-state index >= 15 is 0 Å². The number of aromatic nitrogens is 2. The second-order valence-electron chi connectivity index (χ2n) is 7.94. The molecule has 0 amide bonds. The van der Waals surface area contributed by atoms with Crippen LogP contribution in [0.4, 0.5) is 4.39 Å². The molecule has 0 bridgehead atoms. The number of halogens is 2. The molecular formula is C26H23BrFN3O3. The molecule has 1 heterocycles. The van der Waals surface area contributed by atoms with E-state index in [2.05, 4.69) is 26.0 Å². The van der Waals surface area contributed by atoms with Gasteiger partial charge in [-0.1, -0.05) is 48.0 Å². The summed E-state index contributed by atoms with van der Waals surface area (Å²) in [5.41, 5.74) is 1.63. The van der Waals surface area contributed by atoms with Crippen molar-refractivity contribution in [2.45, 2.75) is 26.4 Å². The highest BCUT2D eigenvalue weighted by atomic mass is 79.9. The van der Waals surface area contributed by atoms with Gasteiger partial charge in [0.2, 0.25) is 0 Å².